The van der Waals surface area contributed by atoms with Crippen LogP contribution in [0.25, 0.3) is 0 Å². The number of hydrogen-bond donors (Lipinski definition) is 1. The third-order valence-corrected chi connectivity index (χ3v) is 7.13. The Morgan fingerprint density at radius 1 is 1.15 bits per heavy atom. The van der Waals surface area contributed by atoms with Crippen molar-refractivity contribution in [2.75, 3.05) is 0 Å². The number of allylic oxidation sites excluding steroid dienone is 3. The standard InChI is InChI=1S/C22H30O5/c1-11(2)9-16-10-12(3)17-8-7-13(4)22(26)20(25)18(27-15(6)23)14(5)19(24)21(16,17)22/h9,12-13,16-17,26H,7-8,10H2,1-6H3. The van der Waals surface area contributed by atoms with Gasteiger partial charge in [-0.1, -0.05) is 25.5 Å². The number of carbonyl (C=O) groups excluding carboxylic acids is 3. The number of ketones is 2. The maximum absolute atomic E-state index is 13.8. The van der Waals surface area contributed by atoms with Gasteiger partial charge in [-0.3, -0.25) is 14.4 Å². The summed E-state index contributed by atoms with van der Waals surface area (Å²) in [6.07, 6.45) is 4.29. The first-order valence-electron chi connectivity index (χ1n) is 9.85. The molecular weight excluding hydrogens is 344 g/mol. The second kappa shape index (κ2) is 6.40. The average Bonchev–Trinajstić information content (AvgIpc) is 2.85. The van der Waals surface area contributed by atoms with Crippen LogP contribution in [-0.2, 0) is 19.1 Å². The van der Waals surface area contributed by atoms with Gasteiger partial charge in [0.15, 0.2) is 11.5 Å². The van der Waals surface area contributed by atoms with Gasteiger partial charge in [0.2, 0.25) is 5.78 Å². The van der Waals surface area contributed by atoms with E-state index in [0.717, 1.165) is 18.4 Å². The van der Waals surface area contributed by atoms with Crippen LogP contribution in [0.15, 0.2) is 23.0 Å². The molecule has 0 aromatic rings. The van der Waals surface area contributed by atoms with Crippen LogP contribution >= 0.6 is 0 Å². The first-order valence-corrected chi connectivity index (χ1v) is 9.85. The van der Waals surface area contributed by atoms with Gasteiger partial charge >= 0.3 is 5.97 Å². The number of hydrogen-bond acceptors (Lipinski definition) is 5. The summed E-state index contributed by atoms with van der Waals surface area (Å²) in [7, 11) is 0. The van der Waals surface area contributed by atoms with Crippen molar-refractivity contribution in [2.24, 2.45) is 29.1 Å². The van der Waals surface area contributed by atoms with E-state index in [9.17, 15) is 19.5 Å². The fraction of sp³-hybridized carbons (Fsp3) is 0.682. The molecule has 6 atom stereocenters. The van der Waals surface area contributed by atoms with Crippen LogP contribution in [0.5, 0.6) is 0 Å². The molecule has 0 heterocycles. The Kier molecular flexibility index (Phi) is 4.74. The van der Waals surface area contributed by atoms with Gasteiger partial charge in [-0.25, -0.2) is 0 Å². The van der Waals surface area contributed by atoms with Crippen LogP contribution in [0.4, 0.5) is 0 Å². The average molecular weight is 374 g/mol. The summed E-state index contributed by atoms with van der Waals surface area (Å²) >= 11 is 0. The Hall–Kier alpha value is -1.75. The maximum atomic E-state index is 13.8. The molecule has 1 N–H and O–H groups in total. The Balaban J connectivity index is 2.33. The predicted octanol–water partition coefficient (Wildman–Crippen LogP) is 3.36. The molecule has 3 rings (SSSR count). The van der Waals surface area contributed by atoms with Gasteiger partial charge in [0.25, 0.3) is 0 Å². The molecule has 2 fully saturated rings. The van der Waals surface area contributed by atoms with Crippen LogP contribution in [-0.4, -0.2) is 28.2 Å². The lowest BCUT2D eigenvalue weighted by Crippen LogP contribution is -2.70. The SMILES string of the molecule is CC(=O)OC1=C(C)C(=O)C23C(C=C(C)C)CC(C)C2CCC(C)C3(O)C1=O. The molecular formula is C22H30O5. The largest absolute Gasteiger partial charge is 0.422 e. The Morgan fingerprint density at radius 3 is 2.33 bits per heavy atom. The second-order valence-electron chi connectivity index (χ2n) is 8.99. The van der Waals surface area contributed by atoms with E-state index < -0.39 is 22.8 Å². The van der Waals surface area contributed by atoms with Gasteiger partial charge in [-0.2, -0.15) is 0 Å². The summed E-state index contributed by atoms with van der Waals surface area (Å²) in [4.78, 5) is 38.8. The molecule has 27 heavy (non-hydrogen) atoms. The molecule has 2 saturated carbocycles. The number of Topliss-reactive ketones (excluding diaryl/α,β-unsaturated/α-hetero) is 2. The summed E-state index contributed by atoms with van der Waals surface area (Å²) in [5, 5.41) is 11.9. The fourth-order valence-corrected chi connectivity index (χ4v) is 6.14. The molecule has 0 bridgehead atoms. The fourth-order valence-electron chi connectivity index (χ4n) is 6.14. The lowest BCUT2D eigenvalue weighted by atomic mass is 9.46. The molecule has 0 amide bonds. The molecule has 3 aliphatic rings. The van der Waals surface area contributed by atoms with Crippen molar-refractivity contribution < 1.29 is 24.2 Å². The predicted molar refractivity (Wildman–Crippen MR) is 100 cm³/mol. The van der Waals surface area contributed by atoms with Crippen LogP contribution in [0.3, 0.4) is 0 Å². The van der Waals surface area contributed by atoms with E-state index in [0.29, 0.717) is 6.42 Å². The minimum absolute atomic E-state index is 0.0652. The number of carbonyl (C=O) groups is 3. The normalized spacial score (nSPS) is 41.1. The van der Waals surface area contributed by atoms with Crippen molar-refractivity contribution in [3.63, 3.8) is 0 Å². The van der Waals surface area contributed by atoms with Gasteiger partial charge in [-0.15, -0.1) is 0 Å². The highest BCUT2D eigenvalue weighted by Gasteiger charge is 2.75. The minimum Gasteiger partial charge on any atom is -0.422 e. The van der Waals surface area contributed by atoms with Crippen molar-refractivity contribution in [2.45, 2.75) is 66.4 Å². The molecule has 0 radical (unpaired) electrons. The molecule has 1 spiro atoms. The zero-order valence-corrected chi connectivity index (χ0v) is 17.1. The molecule has 5 heteroatoms. The van der Waals surface area contributed by atoms with E-state index in [-0.39, 0.29) is 40.8 Å². The van der Waals surface area contributed by atoms with Crippen LogP contribution in [0, 0.1) is 29.1 Å². The van der Waals surface area contributed by atoms with Gasteiger partial charge in [0.1, 0.15) is 5.60 Å². The van der Waals surface area contributed by atoms with Gasteiger partial charge in [0.05, 0.1) is 5.41 Å². The highest BCUT2D eigenvalue weighted by Crippen LogP contribution is 2.67. The molecule has 0 aromatic carbocycles. The highest BCUT2D eigenvalue weighted by atomic mass is 16.5. The Morgan fingerprint density at radius 2 is 1.78 bits per heavy atom. The van der Waals surface area contributed by atoms with Gasteiger partial charge < -0.3 is 9.84 Å². The minimum atomic E-state index is -1.85. The smallest absolute Gasteiger partial charge is 0.308 e. The maximum Gasteiger partial charge on any atom is 0.308 e. The van der Waals surface area contributed by atoms with E-state index in [4.69, 9.17) is 4.74 Å². The monoisotopic (exact) mass is 374 g/mol. The number of ether oxygens (including phenoxy) is 1. The van der Waals surface area contributed by atoms with Gasteiger partial charge in [0, 0.05) is 12.5 Å². The molecule has 0 saturated heterocycles. The lowest BCUT2D eigenvalue weighted by molar-refractivity contribution is -0.197. The number of rotatable bonds is 2. The number of aliphatic hydroxyl groups is 1. The Bertz CT molecular complexity index is 772. The zero-order valence-electron chi connectivity index (χ0n) is 17.1. The second-order valence-corrected chi connectivity index (χ2v) is 8.99. The van der Waals surface area contributed by atoms with Crippen molar-refractivity contribution >= 4 is 17.5 Å². The molecule has 6 unspecified atom stereocenters. The van der Waals surface area contributed by atoms with Crippen molar-refractivity contribution in [1.82, 2.24) is 0 Å². The van der Waals surface area contributed by atoms with E-state index >= 15 is 0 Å². The third-order valence-electron chi connectivity index (χ3n) is 7.13. The third kappa shape index (κ3) is 2.43. The van der Waals surface area contributed by atoms with Crippen molar-refractivity contribution in [1.29, 1.82) is 0 Å². The van der Waals surface area contributed by atoms with E-state index in [1.165, 1.54) is 6.92 Å². The van der Waals surface area contributed by atoms with E-state index in [1.54, 1.807) is 6.92 Å². The first kappa shape index (κ1) is 20.0. The molecule has 5 nitrogen and oxygen atoms in total. The first-order chi connectivity index (χ1) is 12.5. The number of esters is 1. The van der Waals surface area contributed by atoms with Crippen molar-refractivity contribution in [3.8, 4) is 0 Å². The topological polar surface area (TPSA) is 80.7 Å². The van der Waals surface area contributed by atoms with Crippen LogP contribution in [0.2, 0.25) is 0 Å². The molecule has 148 valence electrons. The van der Waals surface area contributed by atoms with E-state index in [1.807, 2.05) is 20.8 Å². The molecule has 0 aromatic heterocycles. The Labute approximate surface area is 160 Å². The summed E-state index contributed by atoms with van der Waals surface area (Å²) in [6, 6.07) is 0. The summed E-state index contributed by atoms with van der Waals surface area (Å²) in [6.45, 7) is 10.6. The highest BCUT2D eigenvalue weighted by molar-refractivity contribution is 6.19. The van der Waals surface area contributed by atoms with Crippen LogP contribution < -0.4 is 0 Å². The molecule has 3 aliphatic carbocycles. The lowest BCUT2D eigenvalue weighted by Gasteiger charge is -2.57. The quantitative estimate of drug-likeness (QED) is 0.592. The van der Waals surface area contributed by atoms with Crippen LogP contribution in [0.1, 0.15) is 60.8 Å². The van der Waals surface area contributed by atoms with Gasteiger partial charge in [-0.05, 0) is 63.7 Å². The van der Waals surface area contributed by atoms with E-state index in [2.05, 4.69) is 13.0 Å². The summed E-state index contributed by atoms with van der Waals surface area (Å²) in [5.41, 5.74) is -1.79. The summed E-state index contributed by atoms with van der Waals surface area (Å²) in [5.74, 6) is -2.20. The zero-order chi connectivity index (χ0) is 20.3. The summed E-state index contributed by atoms with van der Waals surface area (Å²) < 4.78 is 5.13. The van der Waals surface area contributed by atoms with Crippen molar-refractivity contribution in [3.05, 3.63) is 23.0 Å². The molecule has 0 aliphatic heterocycles.